The number of hydrogen-bond acceptors (Lipinski definition) is 4. The number of anilines is 1. The van der Waals surface area contributed by atoms with Crippen molar-refractivity contribution in [2.75, 3.05) is 36.7 Å². The summed E-state index contributed by atoms with van der Waals surface area (Å²) in [5.41, 5.74) is 0.402. The minimum atomic E-state index is -3.64. The normalized spacial score (nSPS) is 17.1. The molecule has 0 bridgehead atoms. The Morgan fingerprint density at radius 2 is 1.93 bits per heavy atom. The molecule has 8 heteroatoms. The van der Waals surface area contributed by atoms with E-state index in [1.165, 1.54) is 30.0 Å². The van der Waals surface area contributed by atoms with E-state index in [2.05, 4.69) is 10.2 Å². The zero-order chi connectivity index (χ0) is 19.9. The fourth-order valence-electron chi connectivity index (χ4n) is 3.49. The Balaban J connectivity index is 2.05. The van der Waals surface area contributed by atoms with Gasteiger partial charge in [0.2, 0.25) is 15.9 Å². The number of halogens is 1. The molecule has 0 aliphatic carbocycles. The lowest BCUT2D eigenvalue weighted by Crippen LogP contribution is -2.50. The van der Waals surface area contributed by atoms with E-state index >= 15 is 0 Å². The zero-order valence-electron chi connectivity index (χ0n) is 16.2. The van der Waals surface area contributed by atoms with Crippen molar-refractivity contribution < 1.29 is 13.2 Å². The van der Waals surface area contributed by atoms with Gasteiger partial charge in [0.15, 0.2) is 0 Å². The first-order valence-corrected chi connectivity index (χ1v) is 11.8. The molecule has 1 heterocycles. The highest BCUT2D eigenvalue weighted by Crippen LogP contribution is 2.25. The summed E-state index contributed by atoms with van der Waals surface area (Å²) in [6.07, 6.45) is 6.41. The van der Waals surface area contributed by atoms with E-state index in [1.807, 2.05) is 6.92 Å². The molecule has 1 saturated heterocycles. The maximum absolute atomic E-state index is 12.8. The Morgan fingerprint density at radius 1 is 1.26 bits per heavy atom. The first-order chi connectivity index (χ1) is 12.8. The molecular formula is C19H30ClN3O3S. The Kier molecular flexibility index (Phi) is 8.38. The molecule has 1 N–H and O–H groups in total. The second-order valence-electron chi connectivity index (χ2n) is 7.01. The van der Waals surface area contributed by atoms with Crippen LogP contribution in [0.4, 0.5) is 5.69 Å². The first-order valence-electron chi connectivity index (χ1n) is 9.58. The number of nitrogens with one attached hydrogen (secondary N) is 1. The number of nitrogens with zero attached hydrogens (tertiary/aromatic N) is 2. The molecule has 0 saturated carbocycles. The second kappa shape index (κ2) is 10.3. The SMILES string of the molecule is CC[C@H](C(=O)NCCN1CCCCCC1)N(c1cccc(Cl)c1)S(C)(=O)=O. The fraction of sp³-hybridized carbons (Fsp3) is 0.632. The average Bonchev–Trinajstić information content (AvgIpc) is 2.87. The van der Waals surface area contributed by atoms with Crippen molar-refractivity contribution >= 4 is 33.2 Å². The van der Waals surface area contributed by atoms with Gasteiger partial charge in [0, 0.05) is 18.1 Å². The van der Waals surface area contributed by atoms with Crippen molar-refractivity contribution in [2.24, 2.45) is 0 Å². The van der Waals surface area contributed by atoms with Gasteiger partial charge in [-0.25, -0.2) is 8.42 Å². The summed E-state index contributed by atoms with van der Waals surface area (Å²) in [6, 6.07) is 5.77. The minimum absolute atomic E-state index is 0.280. The molecule has 0 spiro atoms. The lowest BCUT2D eigenvalue weighted by Gasteiger charge is -2.30. The van der Waals surface area contributed by atoms with Gasteiger partial charge < -0.3 is 10.2 Å². The summed E-state index contributed by atoms with van der Waals surface area (Å²) in [6.45, 7) is 5.23. The molecule has 1 aliphatic rings. The van der Waals surface area contributed by atoms with Crippen molar-refractivity contribution in [3.8, 4) is 0 Å². The van der Waals surface area contributed by atoms with Gasteiger partial charge in [-0.05, 0) is 50.6 Å². The number of likely N-dealkylation sites (tertiary alicyclic amines) is 1. The molecule has 0 radical (unpaired) electrons. The Morgan fingerprint density at radius 3 is 2.48 bits per heavy atom. The van der Waals surface area contributed by atoms with Gasteiger partial charge in [-0.1, -0.05) is 37.4 Å². The van der Waals surface area contributed by atoms with Gasteiger partial charge in [-0.3, -0.25) is 9.10 Å². The molecule has 152 valence electrons. The van der Waals surface area contributed by atoms with E-state index in [0.717, 1.165) is 25.9 Å². The lowest BCUT2D eigenvalue weighted by atomic mass is 10.2. The Hall–Kier alpha value is -1.31. The van der Waals surface area contributed by atoms with Gasteiger partial charge in [0.05, 0.1) is 11.9 Å². The van der Waals surface area contributed by atoms with Crippen molar-refractivity contribution in [1.29, 1.82) is 0 Å². The number of carbonyl (C=O) groups excluding carboxylic acids is 1. The van der Waals surface area contributed by atoms with Gasteiger partial charge in [-0.2, -0.15) is 0 Å². The average molecular weight is 416 g/mol. The molecule has 1 atom stereocenters. The quantitative estimate of drug-likeness (QED) is 0.708. The van der Waals surface area contributed by atoms with Gasteiger partial charge in [0.25, 0.3) is 0 Å². The van der Waals surface area contributed by atoms with E-state index in [4.69, 9.17) is 11.6 Å². The van der Waals surface area contributed by atoms with Crippen molar-refractivity contribution in [1.82, 2.24) is 10.2 Å². The number of sulfonamides is 1. The summed E-state index contributed by atoms with van der Waals surface area (Å²) in [4.78, 5) is 15.1. The van der Waals surface area contributed by atoms with Crippen LogP contribution in [-0.4, -0.2) is 57.7 Å². The van der Waals surface area contributed by atoms with Gasteiger partial charge >= 0.3 is 0 Å². The lowest BCUT2D eigenvalue weighted by molar-refractivity contribution is -0.122. The maximum atomic E-state index is 12.8. The molecule has 1 aromatic rings. The molecule has 1 amide bonds. The van der Waals surface area contributed by atoms with E-state index < -0.39 is 16.1 Å². The largest absolute Gasteiger partial charge is 0.353 e. The maximum Gasteiger partial charge on any atom is 0.243 e. The summed E-state index contributed by atoms with van der Waals surface area (Å²) >= 11 is 6.02. The first kappa shape index (κ1) is 22.0. The van der Waals surface area contributed by atoms with Crippen LogP contribution in [0, 0.1) is 0 Å². The van der Waals surface area contributed by atoms with E-state index in [-0.39, 0.29) is 5.91 Å². The number of benzene rings is 1. The monoisotopic (exact) mass is 415 g/mol. The highest BCUT2D eigenvalue weighted by molar-refractivity contribution is 7.92. The van der Waals surface area contributed by atoms with Gasteiger partial charge in [0.1, 0.15) is 6.04 Å². The van der Waals surface area contributed by atoms with Crippen LogP contribution in [0.25, 0.3) is 0 Å². The molecule has 0 aromatic heterocycles. The fourth-order valence-corrected chi connectivity index (χ4v) is 4.88. The van der Waals surface area contributed by atoms with Crippen LogP contribution in [0.15, 0.2) is 24.3 Å². The number of rotatable bonds is 8. The number of hydrogen-bond donors (Lipinski definition) is 1. The van der Waals surface area contributed by atoms with Crippen molar-refractivity contribution in [3.63, 3.8) is 0 Å². The Bertz CT molecular complexity index is 719. The number of carbonyl (C=O) groups is 1. The van der Waals surface area contributed by atoms with Crippen LogP contribution in [0.5, 0.6) is 0 Å². The third-order valence-corrected chi connectivity index (χ3v) is 6.23. The summed E-state index contributed by atoms with van der Waals surface area (Å²) < 4.78 is 26.0. The molecule has 1 fully saturated rings. The van der Waals surface area contributed by atoms with Crippen LogP contribution >= 0.6 is 11.6 Å². The summed E-state index contributed by atoms with van der Waals surface area (Å²) in [5, 5.41) is 3.35. The van der Waals surface area contributed by atoms with Crippen molar-refractivity contribution in [2.45, 2.75) is 45.1 Å². The second-order valence-corrected chi connectivity index (χ2v) is 9.31. The molecule has 1 aliphatic heterocycles. The third-order valence-electron chi connectivity index (χ3n) is 4.82. The summed E-state index contributed by atoms with van der Waals surface area (Å²) in [5.74, 6) is -0.280. The van der Waals surface area contributed by atoms with E-state index in [1.54, 1.807) is 24.3 Å². The summed E-state index contributed by atoms with van der Waals surface area (Å²) in [7, 11) is -3.64. The minimum Gasteiger partial charge on any atom is -0.353 e. The number of amides is 1. The van der Waals surface area contributed by atoms with Crippen LogP contribution in [0.2, 0.25) is 5.02 Å². The topological polar surface area (TPSA) is 69.7 Å². The van der Waals surface area contributed by atoms with Crippen LogP contribution < -0.4 is 9.62 Å². The molecule has 1 aromatic carbocycles. The highest BCUT2D eigenvalue weighted by atomic mass is 35.5. The highest BCUT2D eigenvalue weighted by Gasteiger charge is 2.31. The van der Waals surface area contributed by atoms with E-state index in [0.29, 0.717) is 23.7 Å². The molecule has 27 heavy (non-hydrogen) atoms. The molecule has 0 unspecified atom stereocenters. The van der Waals surface area contributed by atoms with E-state index in [9.17, 15) is 13.2 Å². The standard InChI is InChI=1S/C19H30ClN3O3S/c1-3-18(19(24)21-11-14-22-12-6-4-5-7-13-22)23(27(2,25)26)17-10-8-9-16(20)15-17/h8-10,15,18H,3-7,11-14H2,1-2H3,(H,21,24)/t18-/m1/s1. The predicted octanol–water partition coefficient (Wildman–Crippen LogP) is 2.88. The van der Waals surface area contributed by atoms with Gasteiger partial charge in [-0.15, -0.1) is 0 Å². The predicted molar refractivity (Wildman–Crippen MR) is 111 cm³/mol. The van der Waals surface area contributed by atoms with Crippen LogP contribution in [-0.2, 0) is 14.8 Å². The smallest absolute Gasteiger partial charge is 0.243 e. The van der Waals surface area contributed by atoms with Crippen LogP contribution in [0.1, 0.15) is 39.0 Å². The zero-order valence-corrected chi connectivity index (χ0v) is 17.7. The third kappa shape index (κ3) is 6.66. The molecule has 6 nitrogen and oxygen atoms in total. The molecular weight excluding hydrogens is 386 g/mol. The Labute approximate surface area is 167 Å². The van der Waals surface area contributed by atoms with Crippen LogP contribution in [0.3, 0.4) is 0 Å². The van der Waals surface area contributed by atoms with Crippen molar-refractivity contribution in [3.05, 3.63) is 29.3 Å². The molecule has 2 rings (SSSR count).